The second-order valence-corrected chi connectivity index (χ2v) is 6.55. The zero-order valence-corrected chi connectivity index (χ0v) is 18.0. The van der Waals surface area contributed by atoms with Crippen molar-refractivity contribution in [1.82, 2.24) is 15.6 Å². The van der Waals surface area contributed by atoms with Gasteiger partial charge in [-0.25, -0.2) is 0 Å². The lowest BCUT2D eigenvalue weighted by molar-refractivity contribution is 0.0310. The van der Waals surface area contributed by atoms with Crippen LogP contribution in [0.3, 0.4) is 0 Å². The first-order valence-corrected chi connectivity index (χ1v) is 8.68. The molecule has 0 saturated heterocycles. The predicted molar refractivity (Wildman–Crippen MR) is 117 cm³/mol. The van der Waals surface area contributed by atoms with Crippen LogP contribution in [0.2, 0.25) is 0 Å². The van der Waals surface area contributed by atoms with E-state index in [9.17, 15) is 0 Å². The van der Waals surface area contributed by atoms with Gasteiger partial charge >= 0.3 is 0 Å². The van der Waals surface area contributed by atoms with Gasteiger partial charge in [0.25, 0.3) is 0 Å². The molecule has 0 unspecified atom stereocenters. The average Bonchev–Trinajstić information content (AvgIpc) is 3.00. The first-order valence-electron chi connectivity index (χ1n) is 8.68. The molecule has 1 aromatic heterocycles. The minimum Gasteiger partial charge on any atom is -0.377 e. The number of benzene rings is 1. The van der Waals surface area contributed by atoms with Crippen LogP contribution in [0.25, 0.3) is 10.9 Å². The summed E-state index contributed by atoms with van der Waals surface area (Å²) in [5.74, 6) is 0.849. The molecule has 0 aliphatic heterocycles. The van der Waals surface area contributed by atoms with Gasteiger partial charge in [-0.3, -0.25) is 4.99 Å². The second-order valence-electron chi connectivity index (χ2n) is 6.55. The first kappa shape index (κ1) is 21.8. The van der Waals surface area contributed by atoms with Gasteiger partial charge in [0, 0.05) is 37.3 Å². The molecule has 0 fully saturated rings. The van der Waals surface area contributed by atoms with Crippen molar-refractivity contribution in [3.63, 3.8) is 0 Å². The maximum Gasteiger partial charge on any atom is 0.191 e. The fourth-order valence-electron chi connectivity index (χ4n) is 2.50. The van der Waals surface area contributed by atoms with Gasteiger partial charge in [-0.05, 0) is 45.2 Å². The summed E-state index contributed by atoms with van der Waals surface area (Å²) in [6.45, 7) is 8.51. The number of hydrogen-bond acceptors (Lipinski definition) is 2. The zero-order valence-electron chi connectivity index (χ0n) is 15.7. The van der Waals surface area contributed by atoms with Crippen molar-refractivity contribution >= 4 is 40.8 Å². The van der Waals surface area contributed by atoms with Crippen LogP contribution in [0.1, 0.15) is 32.8 Å². The minimum atomic E-state index is -0.244. The molecule has 3 N–H and O–H groups in total. The van der Waals surface area contributed by atoms with Crippen molar-refractivity contribution in [2.24, 2.45) is 4.99 Å². The first-order chi connectivity index (χ1) is 11.6. The predicted octanol–water partition coefficient (Wildman–Crippen LogP) is 3.70. The smallest absolute Gasteiger partial charge is 0.191 e. The fourth-order valence-corrected chi connectivity index (χ4v) is 2.50. The summed E-state index contributed by atoms with van der Waals surface area (Å²) < 4.78 is 5.42. The normalized spacial score (nSPS) is 12.1. The Balaban J connectivity index is 0.00000312. The number of halogens is 1. The van der Waals surface area contributed by atoms with Crippen LogP contribution >= 0.6 is 24.0 Å². The van der Waals surface area contributed by atoms with Crippen LogP contribution in [0.15, 0.2) is 35.5 Å². The molecule has 0 radical (unpaired) electrons. The molecule has 0 atom stereocenters. The lowest BCUT2D eigenvalue weighted by Crippen LogP contribution is -2.39. The number of aryl methyl sites for hydroxylation is 1. The molecule has 1 aromatic carbocycles. The van der Waals surface area contributed by atoms with E-state index in [4.69, 9.17) is 4.74 Å². The number of aromatic amines is 1. The van der Waals surface area contributed by atoms with Crippen LogP contribution < -0.4 is 10.6 Å². The monoisotopic (exact) mass is 458 g/mol. The highest BCUT2D eigenvalue weighted by atomic mass is 127. The molecule has 0 aliphatic rings. The Kier molecular flexibility index (Phi) is 9.27. The average molecular weight is 458 g/mol. The summed E-state index contributed by atoms with van der Waals surface area (Å²) in [6, 6.07) is 8.44. The Morgan fingerprint density at radius 3 is 2.72 bits per heavy atom. The van der Waals surface area contributed by atoms with Crippen LogP contribution in [-0.2, 0) is 11.2 Å². The number of aromatic nitrogens is 1. The van der Waals surface area contributed by atoms with E-state index < -0.39 is 0 Å². The molecular formula is C19H31IN4O. The van der Waals surface area contributed by atoms with Crippen molar-refractivity contribution < 1.29 is 4.74 Å². The highest BCUT2D eigenvalue weighted by Gasteiger charge is 2.15. The van der Waals surface area contributed by atoms with Crippen LogP contribution in [0.5, 0.6) is 0 Å². The van der Waals surface area contributed by atoms with Gasteiger partial charge in [0.1, 0.15) is 0 Å². The van der Waals surface area contributed by atoms with Gasteiger partial charge < -0.3 is 20.4 Å². The van der Waals surface area contributed by atoms with Crippen LogP contribution in [-0.4, -0.2) is 43.3 Å². The van der Waals surface area contributed by atoms with E-state index in [-0.39, 0.29) is 29.6 Å². The number of fused-ring (bicyclic) bond motifs is 1. The Hall–Kier alpha value is -1.28. The number of H-pyrrole nitrogens is 1. The number of para-hydroxylation sites is 1. The molecule has 5 nitrogen and oxygen atoms in total. The minimum absolute atomic E-state index is 0. The lowest BCUT2D eigenvalue weighted by Gasteiger charge is -2.21. The summed E-state index contributed by atoms with van der Waals surface area (Å²) in [6.07, 6.45) is 4.21. The van der Waals surface area contributed by atoms with Crippen molar-refractivity contribution in [2.75, 3.05) is 26.7 Å². The molecule has 0 spiro atoms. The van der Waals surface area contributed by atoms with Crippen molar-refractivity contribution in [3.8, 4) is 0 Å². The van der Waals surface area contributed by atoms with Crippen LogP contribution in [0.4, 0.5) is 0 Å². The zero-order chi connectivity index (χ0) is 17.4. The standard InChI is InChI=1S/C19H30N4O.HI/c1-5-20-18(23-14-19(2,3)24-4)21-12-8-9-15-13-22-17-11-7-6-10-16(15)17;/h6-7,10-11,13,22H,5,8-9,12,14H2,1-4H3,(H2,20,21,23);1H. The SMILES string of the molecule is CCNC(=NCC(C)(C)OC)NCCCc1c[nH]c2ccccc12.I. The lowest BCUT2D eigenvalue weighted by atomic mass is 10.1. The van der Waals surface area contributed by atoms with Gasteiger partial charge in [0.15, 0.2) is 5.96 Å². The van der Waals surface area contributed by atoms with E-state index in [2.05, 4.69) is 58.0 Å². The van der Waals surface area contributed by atoms with Gasteiger partial charge in [-0.1, -0.05) is 18.2 Å². The summed E-state index contributed by atoms with van der Waals surface area (Å²) in [7, 11) is 1.72. The summed E-state index contributed by atoms with van der Waals surface area (Å²) in [5, 5.41) is 8.00. The quantitative estimate of drug-likeness (QED) is 0.245. The maximum absolute atomic E-state index is 5.42. The molecule has 2 aromatic rings. The van der Waals surface area contributed by atoms with E-state index in [0.29, 0.717) is 6.54 Å². The fraction of sp³-hybridized carbons (Fsp3) is 0.526. The number of methoxy groups -OCH3 is 1. The molecule has 2 rings (SSSR count). The highest BCUT2D eigenvalue weighted by molar-refractivity contribution is 14.0. The molecule has 0 saturated carbocycles. The highest BCUT2D eigenvalue weighted by Crippen LogP contribution is 2.18. The topological polar surface area (TPSA) is 61.4 Å². The number of ether oxygens (including phenoxy) is 1. The van der Waals surface area contributed by atoms with E-state index in [1.165, 1.54) is 16.5 Å². The Labute approximate surface area is 168 Å². The number of hydrogen-bond donors (Lipinski definition) is 3. The van der Waals surface area contributed by atoms with E-state index >= 15 is 0 Å². The second kappa shape index (κ2) is 10.7. The molecule has 0 amide bonds. The molecule has 25 heavy (non-hydrogen) atoms. The van der Waals surface area contributed by atoms with Gasteiger partial charge in [-0.15, -0.1) is 24.0 Å². The largest absolute Gasteiger partial charge is 0.377 e. The molecule has 6 heteroatoms. The van der Waals surface area contributed by atoms with E-state index in [0.717, 1.165) is 31.9 Å². The molecule has 0 bridgehead atoms. The van der Waals surface area contributed by atoms with Crippen molar-refractivity contribution in [3.05, 3.63) is 36.0 Å². The number of aliphatic imine (C=N–C) groups is 1. The maximum atomic E-state index is 5.42. The third-order valence-corrected chi connectivity index (χ3v) is 4.11. The van der Waals surface area contributed by atoms with E-state index in [1.54, 1.807) is 7.11 Å². The molecule has 1 heterocycles. The molecular weight excluding hydrogens is 427 g/mol. The molecule has 140 valence electrons. The number of nitrogens with zero attached hydrogens (tertiary/aromatic N) is 1. The number of rotatable bonds is 8. The van der Waals surface area contributed by atoms with Gasteiger partial charge in [0.05, 0.1) is 12.1 Å². The van der Waals surface area contributed by atoms with Crippen molar-refractivity contribution in [1.29, 1.82) is 0 Å². The van der Waals surface area contributed by atoms with Gasteiger partial charge in [0.2, 0.25) is 0 Å². The number of guanidine groups is 1. The van der Waals surface area contributed by atoms with Crippen molar-refractivity contribution in [2.45, 2.75) is 39.2 Å². The Bertz CT molecular complexity index is 666. The summed E-state index contributed by atoms with van der Waals surface area (Å²) in [4.78, 5) is 7.93. The van der Waals surface area contributed by atoms with Gasteiger partial charge in [-0.2, -0.15) is 0 Å². The van der Waals surface area contributed by atoms with E-state index in [1.807, 2.05) is 13.8 Å². The summed E-state index contributed by atoms with van der Waals surface area (Å²) in [5.41, 5.74) is 2.33. The Morgan fingerprint density at radius 1 is 1.24 bits per heavy atom. The van der Waals surface area contributed by atoms with Crippen LogP contribution in [0, 0.1) is 0 Å². The third kappa shape index (κ3) is 6.86. The summed E-state index contributed by atoms with van der Waals surface area (Å²) >= 11 is 0. The Morgan fingerprint density at radius 2 is 2.00 bits per heavy atom. The molecule has 0 aliphatic carbocycles. The third-order valence-electron chi connectivity index (χ3n) is 4.11. The number of nitrogens with one attached hydrogen (secondary N) is 3.